The first-order chi connectivity index (χ1) is 19.3. The summed E-state index contributed by atoms with van der Waals surface area (Å²) in [6.45, 7) is 7.90. The number of hydrogen-bond acceptors (Lipinski definition) is 6. The molecule has 1 N–H and O–H groups in total. The van der Waals surface area contributed by atoms with Crippen molar-refractivity contribution in [1.29, 1.82) is 0 Å². The second-order valence-corrected chi connectivity index (χ2v) is 12.2. The molecule has 3 heterocycles. The molecule has 1 saturated heterocycles. The second-order valence-electron chi connectivity index (χ2n) is 12.2. The van der Waals surface area contributed by atoms with E-state index in [9.17, 15) is 5.11 Å². The quantitative estimate of drug-likeness (QED) is 0.326. The van der Waals surface area contributed by atoms with Gasteiger partial charge >= 0.3 is 0 Å². The molecule has 1 saturated carbocycles. The Labute approximate surface area is 233 Å². The third-order valence-corrected chi connectivity index (χ3v) is 9.88. The molecule has 2 fully saturated rings. The van der Waals surface area contributed by atoms with E-state index in [1.54, 1.807) is 12.1 Å². The molecule has 40 heavy (non-hydrogen) atoms. The molecule has 2 aromatic carbocycles. The van der Waals surface area contributed by atoms with E-state index >= 15 is 4.39 Å². The first-order valence-electron chi connectivity index (χ1n) is 14.2. The number of ether oxygens (including phenoxy) is 2. The van der Waals surface area contributed by atoms with Crippen LogP contribution in [0.5, 0.6) is 0 Å². The zero-order valence-corrected chi connectivity index (χ0v) is 23.2. The molecule has 0 bridgehead atoms. The second kappa shape index (κ2) is 9.13. The summed E-state index contributed by atoms with van der Waals surface area (Å²) in [4.78, 5) is 15.0. The van der Waals surface area contributed by atoms with E-state index < -0.39 is 5.79 Å². The first kappa shape index (κ1) is 25.7. The fraction of sp³-hybridized carbons (Fsp3) is 0.424. The molecule has 7 heteroatoms. The van der Waals surface area contributed by atoms with Gasteiger partial charge in [0.2, 0.25) is 0 Å². The van der Waals surface area contributed by atoms with Crippen molar-refractivity contribution in [1.82, 2.24) is 15.0 Å². The lowest BCUT2D eigenvalue weighted by Crippen LogP contribution is -2.61. The number of para-hydroxylation sites is 1. The molecule has 2 aliphatic carbocycles. The van der Waals surface area contributed by atoms with Crippen LogP contribution in [0.2, 0.25) is 0 Å². The number of fused-ring (bicyclic) bond motifs is 4. The van der Waals surface area contributed by atoms with Gasteiger partial charge in [0.15, 0.2) is 11.6 Å². The molecule has 6 nitrogen and oxygen atoms in total. The number of aliphatic hydroxyl groups excluding tert-OH is 1. The summed E-state index contributed by atoms with van der Waals surface area (Å²) in [6, 6.07) is 16.5. The zero-order valence-electron chi connectivity index (χ0n) is 23.2. The van der Waals surface area contributed by atoms with Crippen molar-refractivity contribution in [2.45, 2.75) is 64.3 Å². The molecule has 1 aliphatic heterocycles. The van der Waals surface area contributed by atoms with E-state index in [2.05, 4.69) is 25.8 Å². The van der Waals surface area contributed by atoms with Gasteiger partial charge in [-0.1, -0.05) is 51.1 Å². The topological polar surface area (TPSA) is 77.4 Å². The van der Waals surface area contributed by atoms with E-state index in [0.717, 1.165) is 53.4 Å². The van der Waals surface area contributed by atoms with Crippen LogP contribution in [0.4, 0.5) is 4.39 Å². The highest BCUT2D eigenvalue weighted by Gasteiger charge is 2.63. The highest BCUT2D eigenvalue weighted by atomic mass is 19.1. The number of pyridine rings is 1. The van der Waals surface area contributed by atoms with Crippen LogP contribution in [0.3, 0.4) is 0 Å². The van der Waals surface area contributed by atoms with Gasteiger partial charge in [-0.05, 0) is 49.4 Å². The Bertz CT molecular complexity index is 1630. The summed E-state index contributed by atoms with van der Waals surface area (Å²) in [7, 11) is 0. The van der Waals surface area contributed by atoms with E-state index in [1.165, 1.54) is 6.07 Å². The predicted octanol–water partition coefficient (Wildman–Crippen LogP) is 6.37. The number of nitrogens with zero attached hydrogens (tertiary/aromatic N) is 3. The van der Waals surface area contributed by atoms with Crippen molar-refractivity contribution in [2.24, 2.45) is 11.3 Å². The van der Waals surface area contributed by atoms with Gasteiger partial charge in [-0.2, -0.15) is 0 Å². The van der Waals surface area contributed by atoms with Crippen LogP contribution in [-0.4, -0.2) is 39.1 Å². The molecule has 4 aromatic rings. The Kier molecular flexibility index (Phi) is 5.86. The molecule has 3 aliphatic rings. The number of halogens is 1. The van der Waals surface area contributed by atoms with Gasteiger partial charge in [-0.15, -0.1) is 0 Å². The summed E-state index contributed by atoms with van der Waals surface area (Å²) in [5, 5.41) is 10.9. The highest BCUT2D eigenvalue weighted by molar-refractivity contribution is 5.93. The van der Waals surface area contributed by atoms with Crippen LogP contribution in [0, 0.1) is 17.2 Å². The lowest BCUT2D eigenvalue weighted by atomic mass is 9.49. The minimum atomic E-state index is -0.587. The fourth-order valence-corrected chi connectivity index (χ4v) is 7.89. The molecule has 1 spiro atoms. The normalized spacial score (nSPS) is 24.7. The average Bonchev–Trinajstić information content (AvgIpc) is 3.46. The van der Waals surface area contributed by atoms with E-state index in [4.69, 9.17) is 19.4 Å². The van der Waals surface area contributed by atoms with Crippen molar-refractivity contribution in [3.8, 4) is 22.6 Å². The van der Waals surface area contributed by atoms with Gasteiger partial charge < -0.3 is 14.6 Å². The largest absolute Gasteiger partial charge is 0.390 e. The van der Waals surface area contributed by atoms with E-state index in [-0.39, 0.29) is 29.2 Å². The molecule has 206 valence electrons. The third-order valence-electron chi connectivity index (χ3n) is 9.88. The maximum absolute atomic E-state index is 15.4. The molecule has 2 aromatic heterocycles. The predicted molar refractivity (Wildman–Crippen MR) is 151 cm³/mol. The van der Waals surface area contributed by atoms with Crippen LogP contribution in [0.1, 0.15) is 57.0 Å². The van der Waals surface area contributed by atoms with Gasteiger partial charge in [0.1, 0.15) is 5.82 Å². The Morgan fingerprint density at radius 2 is 1.68 bits per heavy atom. The van der Waals surface area contributed by atoms with Gasteiger partial charge in [0.25, 0.3) is 0 Å². The molecule has 0 unspecified atom stereocenters. The minimum absolute atomic E-state index is 0.195. The van der Waals surface area contributed by atoms with Crippen LogP contribution >= 0.6 is 0 Å². The summed E-state index contributed by atoms with van der Waals surface area (Å²) in [6.07, 6.45) is 3.29. The van der Waals surface area contributed by atoms with Crippen molar-refractivity contribution < 1.29 is 19.0 Å². The molecular formula is C33H34FN3O3. The standard InChI is InChI=1S/C33H34FN3O3/c1-31(2)27-13-12-23-28(22-9-4-6-10-25(22)34)36-30(24-18-20(19-38)35-26-11-7-5-8-21(24)26)37-29(23)32(27,3)14-15-33(31)39-16-17-40-33/h4-11,18,27,38H,12-17,19H2,1-3H3/t27-,32-/m1/s1. The Hall–Kier alpha value is -3.26. The maximum atomic E-state index is 15.4. The number of aliphatic hydroxyl groups is 1. The highest BCUT2D eigenvalue weighted by Crippen LogP contribution is 2.62. The van der Waals surface area contributed by atoms with Crippen LogP contribution in [0.25, 0.3) is 33.5 Å². The van der Waals surface area contributed by atoms with Gasteiger partial charge in [-0.25, -0.2) is 14.4 Å². The van der Waals surface area contributed by atoms with Crippen molar-refractivity contribution in [2.75, 3.05) is 13.2 Å². The monoisotopic (exact) mass is 539 g/mol. The Morgan fingerprint density at radius 1 is 0.925 bits per heavy atom. The maximum Gasteiger partial charge on any atom is 0.173 e. The number of rotatable bonds is 3. The third kappa shape index (κ3) is 3.60. The molecule has 2 atom stereocenters. The van der Waals surface area contributed by atoms with Crippen molar-refractivity contribution in [3.63, 3.8) is 0 Å². The minimum Gasteiger partial charge on any atom is -0.390 e. The van der Waals surface area contributed by atoms with Crippen LogP contribution < -0.4 is 0 Å². The van der Waals surface area contributed by atoms with Crippen molar-refractivity contribution >= 4 is 10.9 Å². The summed E-state index contributed by atoms with van der Waals surface area (Å²) >= 11 is 0. The smallest absolute Gasteiger partial charge is 0.173 e. The van der Waals surface area contributed by atoms with Crippen LogP contribution in [0.15, 0.2) is 54.6 Å². The summed E-state index contributed by atoms with van der Waals surface area (Å²) in [5.74, 6) is -0.111. The van der Waals surface area contributed by atoms with Crippen LogP contribution in [-0.2, 0) is 27.9 Å². The fourth-order valence-electron chi connectivity index (χ4n) is 7.89. The molecular weight excluding hydrogens is 505 g/mol. The number of benzene rings is 2. The van der Waals surface area contributed by atoms with Gasteiger partial charge in [0.05, 0.1) is 42.4 Å². The lowest BCUT2D eigenvalue weighted by Gasteiger charge is -2.59. The average molecular weight is 540 g/mol. The van der Waals surface area contributed by atoms with Crippen molar-refractivity contribution in [3.05, 3.63) is 77.4 Å². The SMILES string of the molecule is CC1(C)[C@H]2CCc3c(-c4ccccc4F)nc(-c4cc(CO)nc5ccccc45)nc3[C@]2(C)CCC12OCCO2. The zero-order chi connectivity index (χ0) is 27.7. The summed E-state index contributed by atoms with van der Waals surface area (Å²) < 4.78 is 28.0. The first-order valence-corrected chi connectivity index (χ1v) is 14.2. The summed E-state index contributed by atoms with van der Waals surface area (Å²) in [5.41, 5.74) is 4.71. The lowest BCUT2D eigenvalue weighted by molar-refractivity contribution is -0.276. The number of aromatic nitrogens is 3. The van der Waals surface area contributed by atoms with Gasteiger partial charge in [-0.3, -0.25) is 4.98 Å². The van der Waals surface area contributed by atoms with E-state index in [1.807, 2.05) is 36.4 Å². The molecule has 0 amide bonds. The Balaban J connectivity index is 1.49. The number of hydrogen-bond donors (Lipinski definition) is 1. The van der Waals surface area contributed by atoms with Gasteiger partial charge in [0, 0.05) is 39.3 Å². The Morgan fingerprint density at radius 3 is 2.45 bits per heavy atom. The molecule has 0 radical (unpaired) electrons. The molecule has 7 rings (SSSR count). The van der Waals surface area contributed by atoms with E-state index in [0.29, 0.717) is 36.0 Å².